The Balaban J connectivity index is 1.96. The van der Waals surface area contributed by atoms with Crippen LogP contribution in [0.5, 0.6) is 0 Å². The maximum atomic E-state index is 11.4. The van der Waals surface area contributed by atoms with Crippen LogP contribution in [0.15, 0.2) is 25.0 Å². The maximum Gasteiger partial charge on any atom is 0.354 e. The van der Waals surface area contributed by atoms with Crippen LogP contribution in [-0.4, -0.2) is 30.5 Å². The van der Waals surface area contributed by atoms with E-state index in [0.29, 0.717) is 0 Å². The number of rotatable bonds is 4. The first kappa shape index (κ1) is 13.5. The Hall–Kier alpha value is -2.51. The van der Waals surface area contributed by atoms with Crippen molar-refractivity contribution in [1.29, 1.82) is 0 Å². The quantitative estimate of drug-likeness (QED) is 0.684. The van der Waals surface area contributed by atoms with Crippen LogP contribution in [0.25, 0.3) is 5.82 Å². The molecule has 0 atom stereocenters. The van der Waals surface area contributed by atoms with Crippen LogP contribution in [0.4, 0.5) is 11.5 Å². The summed E-state index contributed by atoms with van der Waals surface area (Å²) in [4.78, 5) is 23.0. The number of nitrogens with one attached hydrogen (secondary N) is 1. The van der Waals surface area contributed by atoms with E-state index in [4.69, 9.17) is 0 Å². The minimum atomic E-state index is -0.444. The smallest absolute Gasteiger partial charge is 0.354 e. The predicted molar refractivity (Wildman–Crippen MR) is 76.3 cm³/mol. The number of nitrogens with zero attached hydrogens (tertiary/aromatic N) is 5. The molecule has 0 bridgehead atoms. The summed E-state index contributed by atoms with van der Waals surface area (Å²) in [6.07, 6.45) is 11.6. The second kappa shape index (κ2) is 5.86. The van der Waals surface area contributed by atoms with Crippen molar-refractivity contribution >= 4 is 11.5 Å². The predicted octanol–water partition coefficient (Wildman–Crippen LogP) is 2.32. The van der Waals surface area contributed by atoms with Gasteiger partial charge in [0.2, 0.25) is 11.6 Å². The van der Waals surface area contributed by atoms with Gasteiger partial charge >= 0.3 is 5.69 Å². The third-order valence-corrected chi connectivity index (χ3v) is 3.68. The second-order valence-corrected chi connectivity index (χ2v) is 5.10. The summed E-state index contributed by atoms with van der Waals surface area (Å²) in [7, 11) is 0. The topological polar surface area (TPSA) is 98.8 Å². The minimum Gasteiger partial charge on any atom is -0.361 e. The van der Waals surface area contributed by atoms with Crippen molar-refractivity contribution in [1.82, 2.24) is 19.5 Å². The standard InChI is InChI=1S/C13H16N6O2/c20-19(21)11-12(17-10-4-2-1-3-5-10)15-8-16-13(11)18-7-6-14-9-18/h6-10H,1-5H2,(H,15,16,17). The van der Waals surface area contributed by atoms with Gasteiger partial charge < -0.3 is 5.32 Å². The molecule has 0 amide bonds. The number of imidazole rings is 1. The van der Waals surface area contributed by atoms with Gasteiger partial charge in [-0.15, -0.1) is 0 Å². The van der Waals surface area contributed by atoms with E-state index >= 15 is 0 Å². The second-order valence-electron chi connectivity index (χ2n) is 5.10. The summed E-state index contributed by atoms with van der Waals surface area (Å²) in [5, 5.41) is 14.6. The largest absolute Gasteiger partial charge is 0.361 e. The van der Waals surface area contributed by atoms with Crippen LogP contribution in [-0.2, 0) is 0 Å². The van der Waals surface area contributed by atoms with Crippen LogP contribution < -0.4 is 5.32 Å². The molecule has 3 rings (SSSR count). The average molecular weight is 288 g/mol. The van der Waals surface area contributed by atoms with E-state index in [-0.39, 0.29) is 23.4 Å². The SMILES string of the molecule is O=[N+]([O-])c1c(NC2CCCCC2)ncnc1-n1ccnc1. The van der Waals surface area contributed by atoms with Gasteiger partial charge in [-0.05, 0) is 12.8 Å². The molecule has 110 valence electrons. The summed E-state index contributed by atoms with van der Waals surface area (Å²) >= 11 is 0. The van der Waals surface area contributed by atoms with E-state index in [1.54, 1.807) is 12.4 Å². The lowest BCUT2D eigenvalue weighted by Gasteiger charge is -2.23. The summed E-state index contributed by atoms with van der Waals surface area (Å²) in [6, 6.07) is 0.239. The van der Waals surface area contributed by atoms with E-state index in [0.717, 1.165) is 25.7 Å². The highest BCUT2D eigenvalue weighted by molar-refractivity contribution is 5.64. The lowest BCUT2D eigenvalue weighted by atomic mass is 9.95. The average Bonchev–Trinajstić information content (AvgIpc) is 3.02. The number of aromatic nitrogens is 4. The van der Waals surface area contributed by atoms with Gasteiger partial charge in [-0.1, -0.05) is 19.3 Å². The number of hydrogen-bond donors (Lipinski definition) is 1. The van der Waals surface area contributed by atoms with E-state index in [1.807, 2.05) is 0 Å². The molecule has 1 N–H and O–H groups in total. The first-order valence-electron chi connectivity index (χ1n) is 7.00. The molecule has 0 unspecified atom stereocenters. The summed E-state index contributed by atoms with van der Waals surface area (Å²) in [6.45, 7) is 0. The fourth-order valence-electron chi connectivity index (χ4n) is 2.66. The number of nitro groups is 1. The fourth-order valence-corrected chi connectivity index (χ4v) is 2.66. The molecule has 1 aliphatic rings. The Bertz CT molecular complexity index is 622. The van der Waals surface area contributed by atoms with Gasteiger partial charge in [0.05, 0.1) is 4.92 Å². The molecular formula is C13H16N6O2. The van der Waals surface area contributed by atoms with Crippen LogP contribution in [0.2, 0.25) is 0 Å². The molecule has 8 heteroatoms. The monoisotopic (exact) mass is 288 g/mol. The lowest BCUT2D eigenvalue weighted by molar-refractivity contribution is -0.384. The van der Waals surface area contributed by atoms with Crippen molar-refractivity contribution in [3.63, 3.8) is 0 Å². The third kappa shape index (κ3) is 2.83. The summed E-state index contributed by atoms with van der Waals surface area (Å²) in [5.41, 5.74) is -0.110. The van der Waals surface area contributed by atoms with E-state index in [2.05, 4.69) is 20.3 Å². The third-order valence-electron chi connectivity index (χ3n) is 3.68. The summed E-state index contributed by atoms with van der Waals surface area (Å²) in [5.74, 6) is 0.511. The highest BCUT2D eigenvalue weighted by atomic mass is 16.6. The van der Waals surface area contributed by atoms with Crippen molar-refractivity contribution in [3.8, 4) is 5.82 Å². The fraction of sp³-hybridized carbons (Fsp3) is 0.462. The Labute approximate surface area is 121 Å². The summed E-state index contributed by atoms with van der Waals surface area (Å²) < 4.78 is 1.52. The molecule has 0 radical (unpaired) electrons. The molecule has 2 aromatic rings. The highest BCUT2D eigenvalue weighted by Gasteiger charge is 2.26. The van der Waals surface area contributed by atoms with Crippen LogP contribution in [0.1, 0.15) is 32.1 Å². The van der Waals surface area contributed by atoms with Gasteiger partial charge in [-0.25, -0.2) is 15.0 Å². The zero-order valence-electron chi connectivity index (χ0n) is 11.5. The first-order valence-corrected chi connectivity index (χ1v) is 7.00. The van der Waals surface area contributed by atoms with Crippen LogP contribution in [0, 0.1) is 10.1 Å². The Morgan fingerprint density at radius 2 is 2.10 bits per heavy atom. The molecule has 0 aliphatic heterocycles. The van der Waals surface area contributed by atoms with Gasteiger partial charge in [-0.2, -0.15) is 0 Å². The number of anilines is 1. The number of hydrogen-bond acceptors (Lipinski definition) is 6. The van der Waals surface area contributed by atoms with Crippen LogP contribution in [0.3, 0.4) is 0 Å². The Kier molecular flexibility index (Phi) is 3.76. The van der Waals surface area contributed by atoms with Crippen molar-refractivity contribution in [3.05, 3.63) is 35.2 Å². The molecule has 1 aliphatic carbocycles. The molecule has 2 heterocycles. The van der Waals surface area contributed by atoms with Crippen molar-refractivity contribution < 1.29 is 4.92 Å². The van der Waals surface area contributed by atoms with Gasteiger partial charge in [0.25, 0.3) is 0 Å². The van der Waals surface area contributed by atoms with Gasteiger partial charge in [-0.3, -0.25) is 14.7 Å². The lowest BCUT2D eigenvalue weighted by Crippen LogP contribution is -2.23. The Morgan fingerprint density at radius 1 is 1.29 bits per heavy atom. The van der Waals surface area contributed by atoms with Gasteiger partial charge in [0.1, 0.15) is 12.7 Å². The molecule has 0 spiro atoms. The van der Waals surface area contributed by atoms with E-state index in [1.165, 1.54) is 23.6 Å². The first-order chi connectivity index (χ1) is 10.3. The van der Waals surface area contributed by atoms with E-state index in [9.17, 15) is 10.1 Å². The Morgan fingerprint density at radius 3 is 2.76 bits per heavy atom. The maximum absolute atomic E-state index is 11.4. The van der Waals surface area contributed by atoms with Crippen molar-refractivity contribution in [2.75, 3.05) is 5.32 Å². The molecule has 2 aromatic heterocycles. The molecule has 0 aromatic carbocycles. The molecule has 1 saturated carbocycles. The zero-order valence-corrected chi connectivity index (χ0v) is 11.5. The minimum absolute atomic E-state index is 0.110. The van der Waals surface area contributed by atoms with Gasteiger partial charge in [0, 0.05) is 18.4 Å². The van der Waals surface area contributed by atoms with Crippen molar-refractivity contribution in [2.45, 2.75) is 38.1 Å². The molecule has 8 nitrogen and oxygen atoms in total. The molecular weight excluding hydrogens is 272 g/mol. The molecule has 0 saturated heterocycles. The highest BCUT2D eigenvalue weighted by Crippen LogP contribution is 2.30. The molecule has 1 fully saturated rings. The van der Waals surface area contributed by atoms with E-state index < -0.39 is 4.92 Å². The zero-order chi connectivity index (χ0) is 14.7. The normalized spacial score (nSPS) is 15.8. The molecule has 21 heavy (non-hydrogen) atoms. The van der Waals surface area contributed by atoms with Crippen LogP contribution >= 0.6 is 0 Å². The van der Waals surface area contributed by atoms with Gasteiger partial charge in [0.15, 0.2) is 0 Å². The van der Waals surface area contributed by atoms with Crippen molar-refractivity contribution in [2.24, 2.45) is 0 Å².